The van der Waals surface area contributed by atoms with E-state index in [1.807, 2.05) is 6.92 Å². The van der Waals surface area contributed by atoms with Gasteiger partial charge in [0.1, 0.15) is 5.82 Å². The Hall–Kier alpha value is -2.07. The third-order valence-electron chi connectivity index (χ3n) is 3.26. The van der Waals surface area contributed by atoms with Gasteiger partial charge in [0, 0.05) is 11.3 Å². The summed E-state index contributed by atoms with van der Waals surface area (Å²) in [5, 5.41) is 3.49. The van der Waals surface area contributed by atoms with E-state index in [9.17, 15) is 9.18 Å². The third-order valence-corrected chi connectivity index (χ3v) is 3.58. The summed E-state index contributed by atoms with van der Waals surface area (Å²) in [5.41, 5.74) is 6.78. The molecule has 0 aliphatic rings. The predicted molar refractivity (Wildman–Crippen MR) is 83.0 cm³/mol. The molecule has 0 radical (unpaired) electrons. The number of nitrogens with one attached hydrogen (secondary N) is 1. The Labute approximate surface area is 127 Å². The smallest absolute Gasteiger partial charge is 0.250 e. The van der Waals surface area contributed by atoms with Crippen molar-refractivity contribution >= 4 is 23.2 Å². The van der Waals surface area contributed by atoms with Crippen LogP contribution in [0.5, 0.6) is 0 Å². The van der Waals surface area contributed by atoms with Crippen LogP contribution in [0.3, 0.4) is 0 Å². The predicted octanol–water partition coefficient (Wildman–Crippen LogP) is 4.14. The summed E-state index contributed by atoms with van der Waals surface area (Å²) in [4.78, 5) is 11.1. The van der Waals surface area contributed by atoms with Crippen molar-refractivity contribution in [3.8, 4) is 0 Å². The summed E-state index contributed by atoms with van der Waals surface area (Å²) < 4.78 is 13.9. The average molecular weight is 307 g/mol. The lowest BCUT2D eigenvalue weighted by molar-refractivity contribution is 0.100. The fourth-order valence-electron chi connectivity index (χ4n) is 2.16. The van der Waals surface area contributed by atoms with E-state index in [4.69, 9.17) is 17.3 Å². The van der Waals surface area contributed by atoms with Crippen molar-refractivity contribution in [3.05, 3.63) is 64.4 Å². The second-order valence-corrected chi connectivity index (χ2v) is 5.09. The van der Waals surface area contributed by atoms with Crippen LogP contribution in [0.25, 0.3) is 0 Å². The van der Waals surface area contributed by atoms with Crippen LogP contribution in [0.1, 0.15) is 35.3 Å². The van der Waals surface area contributed by atoms with Gasteiger partial charge in [-0.3, -0.25) is 4.79 Å². The molecular weight excluding hydrogens is 291 g/mol. The lowest BCUT2D eigenvalue weighted by Crippen LogP contribution is -2.13. The Balaban J connectivity index is 2.25. The quantitative estimate of drug-likeness (QED) is 0.872. The molecule has 0 aliphatic heterocycles. The number of nitrogens with two attached hydrogens (primary N) is 1. The normalized spacial score (nSPS) is 12.0. The standard InChI is InChI=1S/C16H16ClFN2O/c1-2-15(12-5-3-4-6-14(12)18)20-10-7-8-11(16(19)21)13(17)9-10/h3-9,15,20H,2H2,1H3,(H2,19,21). The van der Waals surface area contributed by atoms with Gasteiger partial charge in [0.2, 0.25) is 5.91 Å². The maximum Gasteiger partial charge on any atom is 0.250 e. The van der Waals surface area contributed by atoms with Crippen molar-refractivity contribution in [2.75, 3.05) is 5.32 Å². The highest BCUT2D eigenvalue weighted by Crippen LogP contribution is 2.27. The van der Waals surface area contributed by atoms with E-state index < -0.39 is 5.91 Å². The number of rotatable bonds is 5. The highest BCUT2D eigenvalue weighted by molar-refractivity contribution is 6.34. The molecule has 2 aromatic rings. The molecule has 0 saturated carbocycles. The van der Waals surface area contributed by atoms with Crippen LogP contribution < -0.4 is 11.1 Å². The molecule has 3 nitrogen and oxygen atoms in total. The van der Waals surface area contributed by atoms with Gasteiger partial charge in [-0.2, -0.15) is 0 Å². The van der Waals surface area contributed by atoms with Gasteiger partial charge >= 0.3 is 0 Å². The van der Waals surface area contributed by atoms with Crippen LogP contribution in [-0.4, -0.2) is 5.91 Å². The van der Waals surface area contributed by atoms with E-state index in [1.165, 1.54) is 6.07 Å². The van der Waals surface area contributed by atoms with Crippen molar-refractivity contribution in [2.45, 2.75) is 19.4 Å². The van der Waals surface area contributed by atoms with E-state index in [2.05, 4.69) is 5.32 Å². The number of anilines is 1. The lowest BCUT2D eigenvalue weighted by atomic mass is 10.0. The number of hydrogen-bond acceptors (Lipinski definition) is 2. The molecule has 0 saturated heterocycles. The molecule has 5 heteroatoms. The van der Waals surface area contributed by atoms with E-state index in [0.29, 0.717) is 17.7 Å². The van der Waals surface area contributed by atoms with Gasteiger partial charge in [-0.1, -0.05) is 36.7 Å². The number of hydrogen-bond donors (Lipinski definition) is 2. The number of carbonyl (C=O) groups is 1. The van der Waals surface area contributed by atoms with Gasteiger partial charge in [-0.25, -0.2) is 4.39 Å². The summed E-state index contributed by atoms with van der Waals surface area (Å²) in [6.07, 6.45) is 0.704. The number of amides is 1. The molecule has 110 valence electrons. The second kappa shape index (κ2) is 6.59. The molecule has 1 atom stereocenters. The Bertz CT molecular complexity index is 660. The maximum absolute atomic E-state index is 13.9. The molecule has 2 aromatic carbocycles. The maximum atomic E-state index is 13.9. The molecule has 0 aliphatic carbocycles. The van der Waals surface area contributed by atoms with Gasteiger partial charge in [-0.15, -0.1) is 0 Å². The summed E-state index contributed by atoms with van der Waals surface area (Å²) in [7, 11) is 0. The molecule has 2 rings (SSSR count). The van der Waals surface area contributed by atoms with Gasteiger partial charge in [0.05, 0.1) is 16.6 Å². The number of primary amides is 1. The van der Waals surface area contributed by atoms with E-state index in [0.717, 1.165) is 0 Å². The number of halogens is 2. The van der Waals surface area contributed by atoms with Gasteiger partial charge in [0.25, 0.3) is 0 Å². The Morgan fingerprint density at radius 3 is 2.62 bits per heavy atom. The molecule has 1 amide bonds. The second-order valence-electron chi connectivity index (χ2n) is 4.69. The molecule has 0 spiro atoms. The fourth-order valence-corrected chi connectivity index (χ4v) is 2.44. The number of carbonyl (C=O) groups excluding carboxylic acids is 1. The van der Waals surface area contributed by atoms with Gasteiger partial charge in [0.15, 0.2) is 0 Å². The first kappa shape index (κ1) is 15.3. The highest BCUT2D eigenvalue weighted by Gasteiger charge is 2.14. The Kier molecular flexibility index (Phi) is 4.81. The Morgan fingerprint density at radius 1 is 1.33 bits per heavy atom. The monoisotopic (exact) mass is 306 g/mol. The molecule has 0 bridgehead atoms. The van der Waals surface area contributed by atoms with Crippen LogP contribution >= 0.6 is 11.6 Å². The van der Waals surface area contributed by atoms with Crippen molar-refractivity contribution in [3.63, 3.8) is 0 Å². The highest BCUT2D eigenvalue weighted by atomic mass is 35.5. The Morgan fingerprint density at radius 2 is 2.05 bits per heavy atom. The van der Waals surface area contributed by atoms with Crippen molar-refractivity contribution in [2.24, 2.45) is 5.73 Å². The first-order valence-electron chi connectivity index (χ1n) is 6.63. The van der Waals surface area contributed by atoms with E-state index >= 15 is 0 Å². The SMILES string of the molecule is CCC(Nc1ccc(C(N)=O)c(Cl)c1)c1ccccc1F. The van der Waals surface area contributed by atoms with E-state index in [-0.39, 0.29) is 22.4 Å². The third kappa shape index (κ3) is 3.52. The minimum absolute atomic E-state index is 0.179. The first-order chi connectivity index (χ1) is 10.0. The summed E-state index contributed by atoms with van der Waals surface area (Å²) in [6.45, 7) is 1.96. The zero-order valence-corrected chi connectivity index (χ0v) is 12.3. The first-order valence-corrected chi connectivity index (χ1v) is 7.01. The van der Waals surface area contributed by atoms with Crippen LogP contribution in [0.15, 0.2) is 42.5 Å². The molecule has 0 fully saturated rings. The molecule has 1 unspecified atom stereocenters. The van der Waals surface area contributed by atoms with Gasteiger partial charge < -0.3 is 11.1 Å². The lowest BCUT2D eigenvalue weighted by Gasteiger charge is -2.19. The number of benzene rings is 2. The summed E-state index contributed by atoms with van der Waals surface area (Å²) in [6, 6.07) is 11.3. The van der Waals surface area contributed by atoms with Crippen molar-refractivity contribution < 1.29 is 9.18 Å². The minimum Gasteiger partial charge on any atom is -0.378 e. The van der Waals surface area contributed by atoms with Crippen molar-refractivity contribution in [1.82, 2.24) is 0 Å². The minimum atomic E-state index is -0.576. The molecule has 3 N–H and O–H groups in total. The zero-order valence-electron chi connectivity index (χ0n) is 11.6. The summed E-state index contributed by atoms with van der Waals surface area (Å²) in [5.74, 6) is -0.829. The molecule has 0 heterocycles. The van der Waals surface area contributed by atoms with Crippen LogP contribution in [0.2, 0.25) is 5.02 Å². The van der Waals surface area contributed by atoms with Crippen LogP contribution in [0, 0.1) is 5.82 Å². The van der Waals surface area contributed by atoms with Gasteiger partial charge in [-0.05, 0) is 30.7 Å². The van der Waals surface area contributed by atoms with Crippen LogP contribution in [0.4, 0.5) is 10.1 Å². The van der Waals surface area contributed by atoms with E-state index in [1.54, 1.807) is 36.4 Å². The fraction of sp³-hybridized carbons (Fsp3) is 0.188. The molecular formula is C16H16ClFN2O. The molecule has 0 aromatic heterocycles. The molecule has 21 heavy (non-hydrogen) atoms. The largest absolute Gasteiger partial charge is 0.378 e. The zero-order chi connectivity index (χ0) is 15.4. The average Bonchev–Trinajstić information content (AvgIpc) is 2.45. The van der Waals surface area contributed by atoms with Crippen molar-refractivity contribution in [1.29, 1.82) is 0 Å². The summed E-state index contributed by atoms with van der Waals surface area (Å²) >= 11 is 6.01. The van der Waals surface area contributed by atoms with Crippen LogP contribution in [-0.2, 0) is 0 Å². The topological polar surface area (TPSA) is 55.1 Å².